The molecule has 37 heavy (non-hydrogen) atoms. The Morgan fingerprint density at radius 2 is 1.73 bits per heavy atom. The molecule has 0 saturated carbocycles. The number of primary amides is 1. The van der Waals surface area contributed by atoms with E-state index in [1.165, 1.54) is 22.4 Å². The number of fused-ring (bicyclic) bond motifs is 2. The number of pyridine rings is 1. The summed E-state index contributed by atoms with van der Waals surface area (Å²) in [4.78, 5) is 27.3. The van der Waals surface area contributed by atoms with Gasteiger partial charge < -0.3 is 25.3 Å². The fourth-order valence-corrected chi connectivity index (χ4v) is 5.33. The number of rotatable bonds is 9. The van der Waals surface area contributed by atoms with Gasteiger partial charge in [-0.25, -0.2) is 0 Å². The highest BCUT2D eigenvalue weighted by Gasteiger charge is 2.20. The van der Waals surface area contributed by atoms with Crippen LogP contribution in [0.5, 0.6) is 0 Å². The zero-order valence-electron chi connectivity index (χ0n) is 21.3. The van der Waals surface area contributed by atoms with Gasteiger partial charge in [-0.3, -0.25) is 9.59 Å². The highest BCUT2D eigenvalue weighted by atomic mass is 16.5. The van der Waals surface area contributed by atoms with Gasteiger partial charge in [0.25, 0.3) is 5.56 Å². The highest BCUT2D eigenvalue weighted by Crippen LogP contribution is 2.20. The van der Waals surface area contributed by atoms with Crippen LogP contribution in [0, 0.1) is 0 Å². The monoisotopic (exact) mass is 498 g/mol. The van der Waals surface area contributed by atoms with Crippen LogP contribution in [0.3, 0.4) is 0 Å². The van der Waals surface area contributed by atoms with Crippen molar-refractivity contribution in [1.29, 1.82) is 0 Å². The molecule has 1 aliphatic rings. The molecule has 0 atom stereocenters. The van der Waals surface area contributed by atoms with Crippen LogP contribution in [0.1, 0.15) is 34.3 Å². The number of ether oxygens (including phenoxy) is 1. The predicted molar refractivity (Wildman–Crippen MR) is 148 cm³/mol. The molecule has 1 saturated heterocycles. The van der Waals surface area contributed by atoms with Crippen LogP contribution < -0.4 is 16.6 Å². The molecule has 0 spiro atoms. The van der Waals surface area contributed by atoms with E-state index in [0.29, 0.717) is 24.6 Å². The number of likely N-dealkylation sites (tertiary alicyclic amines) is 1. The molecular formula is C30H34N4O3. The zero-order valence-corrected chi connectivity index (χ0v) is 21.3. The molecule has 2 heterocycles. The number of carbonyl (C=O) groups is 1. The first kappa shape index (κ1) is 25.1. The SMILES string of the molecule is COCc1ccc2c(C(N)=O)cc(=O)n(CCN3CCC(NCc4ccc5ccccc5c4)CC3)c2c1. The Kier molecular flexibility index (Phi) is 7.65. The second kappa shape index (κ2) is 11.3. The van der Waals surface area contributed by atoms with Crippen molar-refractivity contribution in [2.45, 2.75) is 38.6 Å². The lowest BCUT2D eigenvalue weighted by Gasteiger charge is -2.32. The smallest absolute Gasteiger partial charge is 0.251 e. The number of benzene rings is 3. The number of nitrogens with one attached hydrogen (secondary N) is 1. The van der Waals surface area contributed by atoms with Gasteiger partial charge in [-0.15, -0.1) is 0 Å². The van der Waals surface area contributed by atoms with E-state index in [1.54, 1.807) is 11.7 Å². The summed E-state index contributed by atoms with van der Waals surface area (Å²) in [5, 5.41) is 6.97. The van der Waals surface area contributed by atoms with E-state index in [9.17, 15) is 9.59 Å². The quantitative estimate of drug-likeness (QED) is 0.368. The van der Waals surface area contributed by atoms with Crippen LogP contribution in [-0.4, -0.2) is 48.2 Å². The molecule has 192 valence electrons. The van der Waals surface area contributed by atoms with E-state index in [0.717, 1.165) is 50.1 Å². The molecule has 0 aliphatic carbocycles. The molecule has 1 amide bonds. The van der Waals surface area contributed by atoms with Gasteiger partial charge in [0, 0.05) is 44.2 Å². The first-order chi connectivity index (χ1) is 18.0. The second-order valence-electron chi connectivity index (χ2n) is 9.87. The van der Waals surface area contributed by atoms with Crippen molar-refractivity contribution in [1.82, 2.24) is 14.8 Å². The minimum absolute atomic E-state index is 0.206. The van der Waals surface area contributed by atoms with Crippen LogP contribution in [0.4, 0.5) is 0 Å². The standard InChI is InChI=1S/C30H34N4O3/c1-37-20-22-7-9-26-27(30(31)36)18-29(35)34(28(26)17-22)15-14-33-12-10-25(11-13-33)32-19-21-6-8-23-4-2-3-5-24(23)16-21/h2-9,16-18,25,32H,10-15,19-20H2,1H3,(H2,31,36). The molecule has 1 aromatic heterocycles. The van der Waals surface area contributed by atoms with E-state index in [2.05, 4.69) is 52.7 Å². The largest absolute Gasteiger partial charge is 0.380 e. The number of hydrogen-bond acceptors (Lipinski definition) is 5. The fourth-order valence-electron chi connectivity index (χ4n) is 5.33. The Labute approximate surface area is 216 Å². The normalized spacial score (nSPS) is 14.9. The Bertz CT molecular complexity index is 1470. The lowest BCUT2D eigenvalue weighted by atomic mass is 10.0. The predicted octanol–water partition coefficient (Wildman–Crippen LogP) is 3.65. The fraction of sp³-hybridized carbons (Fsp3) is 0.333. The summed E-state index contributed by atoms with van der Waals surface area (Å²) < 4.78 is 7.02. The summed E-state index contributed by atoms with van der Waals surface area (Å²) in [6, 6.07) is 22.6. The third kappa shape index (κ3) is 5.74. The number of hydrogen-bond donors (Lipinski definition) is 2. The topological polar surface area (TPSA) is 89.6 Å². The minimum Gasteiger partial charge on any atom is -0.380 e. The lowest BCUT2D eigenvalue weighted by Crippen LogP contribution is -2.43. The van der Waals surface area contributed by atoms with Crippen molar-refractivity contribution in [3.05, 3.63) is 93.8 Å². The van der Waals surface area contributed by atoms with Crippen LogP contribution in [-0.2, 0) is 24.4 Å². The average molecular weight is 499 g/mol. The highest BCUT2D eigenvalue weighted by molar-refractivity contribution is 6.05. The van der Waals surface area contributed by atoms with Crippen LogP contribution >= 0.6 is 0 Å². The molecule has 1 fully saturated rings. The van der Waals surface area contributed by atoms with Crippen LogP contribution in [0.15, 0.2) is 71.5 Å². The molecule has 3 N–H and O–H groups in total. The van der Waals surface area contributed by atoms with Crippen molar-refractivity contribution in [3.63, 3.8) is 0 Å². The van der Waals surface area contributed by atoms with E-state index in [-0.39, 0.29) is 11.1 Å². The van der Waals surface area contributed by atoms with E-state index in [1.807, 2.05) is 18.2 Å². The maximum atomic E-state index is 12.9. The van der Waals surface area contributed by atoms with Crippen molar-refractivity contribution in [2.24, 2.45) is 5.73 Å². The molecule has 4 aromatic rings. The molecule has 7 nitrogen and oxygen atoms in total. The van der Waals surface area contributed by atoms with Gasteiger partial charge in [0.05, 0.1) is 17.7 Å². The Hall–Kier alpha value is -3.52. The number of nitrogens with zero attached hydrogens (tertiary/aromatic N) is 2. The van der Waals surface area contributed by atoms with Crippen molar-refractivity contribution >= 4 is 27.6 Å². The summed E-state index contributed by atoms with van der Waals surface area (Å²) in [5.41, 5.74) is 8.59. The molecule has 3 aromatic carbocycles. The summed E-state index contributed by atoms with van der Waals surface area (Å²) in [7, 11) is 1.64. The Morgan fingerprint density at radius 3 is 2.49 bits per heavy atom. The number of piperidine rings is 1. The first-order valence-corrected chi connectivity index (χ1v) is 12.9. The summed E-state index contributed by atoms with van der Waals surface area (Å²) in [6.45, 7) is 4.60. The Balaban J connectivity index is 1.20. The summed E-state index contributed by atoms with van der Waals surface area (Å²) >= 11 is 0. The average Bonchev–Trinajstić information content (AvgIpc) is 2.91. The van der Waals surface area contributed by atoms with Gasteiger partial charge in [0.2, 0.25) is 5.91 Å². The number of methoxy groups -OCH3 is 1. The molecule has 7 heteroatoms. The lowest BCUT2D eigenvalue weighted by molar-refractivity contribution is 0.100. The zero-order chi connectivity index (χ0) is 25.8. The maximum Gasteiger partial charge on any atom is 0.251 e. The van der Waals surface area contributed by atoms with Crippen molar-refractivity contribution < 1.29 is 9.53 Å². The maximum absolute atomic E-state index is 12.9. The van der Waals surface area contributed by atoms with Crippen molar-refractivity contribution in [2.75, 3.05) is 26.7 Å². The molecular weight excluding hydrogens is 464 g/mol. The molecule has 0 bridgehead atoms. The molecule has 1 aliphatic heterocycles. The van der Waals surface area contributed by atoms with E-state index in [4.69, 9.17) is 10.5 Å². The third-order valence-corrected chi connectivity index (χ3v) is 7.39. The van der Waals surface area contributed by atoms with E-state index >= 15 is 0 Å². The van der Waals surface area contributed by atoms with Gasteiger partial charge in [0.1, 0.15) is 0 Å². The summed E-state index contributed by atoms with van der Waals surface area (Å²) in [5.74, 6) is -0.591. The van der Waals surface area contributed by atoms with Gasteiger partial charge in [0.15, 0.2) is 0 Å². The van der Waals surface area contributed by atoms with Crippen LogP contribution in [0.2, 0.25) is 0 Å². The van der Waals surface area contributed by atoms with Gasteiger partial charge in [-0.1, -0.05) is 48.5 Å². The van der Waals surface area contributed by atoms with Crippen LogP contribution in [0.25, 0.3) is 21.7 Å². The van der Waals surface area contributed by atoms with Gasteiger partial charge in [-0.05, 0) is 60.0 Å². The molecule has 5 rings (SSSR count). The second-order valence-corrected chi connectivity index (χ2v) is 9.87. The van der Waals surface area contributed by atoms with Gasteiger partial charge >= 0.3 is 0 Å². The number of carbonyl (C=O) groups excluding carboxylic acids is 1. The number of nitrogens with two attached hydrogens (primary N) is 1. The van der Waals surface area contributed by atoms with Gasteiger partial charge in [-0.2, -0.15) is 0 Å². The first-order valence-electron chi connectivity index (χ1n) is 12.9. The molecule has 0 radical (unpaired) electrons. The third-order valence-electron chi connectivity index (χ3n) is 7.39. The molecule has 0 unspecified atom stereocenters. The minimum atomic E-state index is -0.591. The summed E-state index contributed by atoms with van der Waals surface area (Å²) in [6.07, 6.45) is 2.14. The Morgan fingerprint density at radius 1 is 0.973 bits per heavy atom. The van der Waals surface area contributed by atoms with E-state index < -0.39 is 5.91 Å². The number of aromatic nitrogens is 1. The number of amides is 1. The van der Waals surface area contributed by atoms with Crippen molar-refractivity contribution in [3.8, 4) is 0 Å².